The Balaban J connectivity index is 2.14. The van der Waals surface area contributed by atoms with Crippen LogP contribution in [0.2, 0.25) is 0 Å². The molecule has 0 spiro atoms. The van der Waals surface area contributed by atoms with Gasteiger partial charge in [0.1, 0.15) is 0 Å². The molecule has 98 valence electrons. The van der Waals surface area contributed by atoms with Gasteiger partial charge in [-0.25, -0.2) is 0 Å². The van der Waals surface area contributed by atoms with Crippen molar-refractivity contribution in [3.8, 4) is 0 Å². The molecule has 0 bridgehead atoms. The van der Waals surface area contributed by atoms with Crippen LogP contribution in [0, 0.1) is 0 Å². The summed E-state index contributed by atoms with van der Waals surface area (Å²) in [5, 5.41) is 13.1. The summed E-state index contributed by atoms with van der Waals surface area (Å²) in [4.78, 5) is 0. The summed E-state index contributed by atoms with van der Waals surface area (Å²) in [5.41, 5.74) is 3.64. The highest BCUT2D eigenvalue weighted by Gasteiger charge is 2.36. The lowest BCUT2D eigenvalue weighted by molar-refractivity contribution is 0.205. The van der Waals surface area contributed by atoms with E-state index in [0.29, 0.717) is 0 Å². The first kappa shape index (κ1) is 12.4. The standard InChI is InChI=1S/C17H19NO/c1-17(14-8-3-2-4-9-14)16-10-6-5-7-13(16)11-15(12-19)18-17/h2-10,15,18-19H,11-12H2,1H3. The maximum atomic E-state index is 9.53. The van der Waals surface area contributed by atoms with Crippen molar-refractivity contribution < 1.29 is 5.11 Å². The molecule has 2 heteroatoms. The molecule has 0 amide bonds. The fourth-order valence-corrected chi connectivity index (χ4v) is 3.11. The van der Waals surface area contributed by atoms with Crippen LogP contribution in [0.3, 0.4) is 0 Å². The number of benzene rings is 2. The van der Waals surface area contributed by atoms with Gasteiger partial charge in [0.25, 0.3) is 0 Å². The van der Waals surface area contributed by atoms with Crippen LogP contribution in [-0.4, -0.2) is 17.8 Å². The van der Waals surface area contributed by atoms with E-state index in [9.17, 15) is 5.11 Å². The van der Waals surface area contributed by atoms with Crippen LogP contribution >= 0.6 is 0 Å². The lowest BCUT2D eigenvalue weighted by atomic mass is 9.77. The molecule has 0 radical (unpaired) electrons. The molecule has 2 unspecified atom stereocenters. The molecule has 2 nitrogen and oxygen atoms in total. The minimum absolute atomic E-state index is 0.111. The van der Waals surface area contributed by atoms with E-state index in [1.807, 2.05) is 6.07 Å². The van der Waals surface area contributed by atoms with E-state index >= 15 is 0 Å². The minimum Gasteiger partial charge on any atom is -0.395 e. The van der Waals surface area contributed by atoms with Crippen LogP contribution in [0.25, 0.3) is 0 Å². The smallest absolute Gasteiger partial charge is 0.0667 e. The second kappa shape index (κ2) is 4.80. The molecule has 2 aromatic rings. The van der Waals surface area contributed by atoms with Gasteiger partial charge in [-0.2, -0.15) is 0 Å². The molecule has 0 saturated heterocycles. The summed E-state index contributed by atoms with van der Waals surface area (Å²) >= 11 is 0. The highest BCUT2D eigenvalue weighted by atomic mass is 16.3. The molecule has 19 heavy (non-hydrogen) atoms. The van der Waals surface area contributed by atoms with Crippen molar-refractivity contribution in [1.29, 1.82) is 0 Å². The Morgan fingerprint density at radius 3 is 2.53 bits per heavy atom. The zero-order chi connectivity index (χ0) is 13.3. The lowest BCUT2D eigenvalue weighted by Gasteiger charge is -2.41. The van der Waals surface area contributed by atoms with Gasteiger partial charge >= 0.3 is 0 Å². The topological polar surface area (TPSA) is 32.3 Å². The quantitative estimate of drug-likeness (QED) is 0.861. The summed E-state index contributed by atoms with van der Waals surface area (Å²) < 4.78 is 0. The van der Waals surface area contributed by atoms with E-state index in [1.54, 1.807) is 0 Å². The largest absolute Gasteiger partial charge is 0.395 e. The van der Waals surface area contributed by atoms with Gasteiger partial charge in [-0.1, -0.05) is 54.6 Å². The summed E-state index contributed by atoms with van der Waals surface area (Å²) in [7, 11) is 0. The third-order valence-electron chi connectivity index (χ3n) is 4.09. The number of aliphatic hydroxyl groups is 1. The molecule has 0 aromatic heterocycles. The van der Waals surface area contributed by atoms with E-state index in [1.165, 1.54) is 16.7 Å². The first-order valence-electron chi connectivity index (χ1n) is 6.76. The third kappa shape index (κ3) is 2.07. The molecule has 3 rings (SSSR count). The highest BCUT2D eigenvalue weighted by Crippen LogP contribution is 2.35. The normalized spacial score (nSPS) is 25.9. The van der Waals surface area contributed by atoms with Crippen LogP contribution in [0.5, 0.6) is 0 Å². The number of hydrogen-bond acceptors (Lipinski definition) is 2. The fraction of sp³-hybridized carbons (Fsp3) is 0.294. The van der Waals surface area contributed by atoms with E-state index in [4.69, 9.17) is 0 Å². The summed E-state index contributed by atoms with van der Waals surface area (Å²) in [5.74, 6) is 0. The zero-order valence-corrected chi connectivity index (χ0v) is 11.1. The van der Waals surface area contributed by atoms with Crippen LogP contribution < -0.4 is 5.32 Å². The lowest BCUT2D eigenvalue weighted by Crippen LogP contribution is -2.53. The number of rotatable bonds is 2. The van der Waals surface area contributed by atoms with Crippen molar-refractivity contribution in [1.82, 2.24) is 5.32 Å². The summed E-state index contributed by atoms with van der Waals surface area (Å²) in [6, 6.07) is 19.1. The molecule has 2 N–H and O–H groups in total. The molecule has 2 atom stereocenters. The number of nitrogens with one attached hydrogen (secondary N) is 1. The minimum atomic E-state index is -0.233. The second-order valence-electron chi connectivity index (χ2n) is 5.38. The van der Waals surface area contributed by atoms with Crippen molar-refractivity contribution in [2.24, 2.45) is 0 Å². The predicted octanol–water partition coefficient (Wildman–Crippen LogP) is 2.46. The maximum Gasteiger partial charge on any atom is 0.0667 e. The van der Waals surface area contributed by atoms with Gasteiger partial charge in [0.2, 0.25) is 0 Å². The van der Waals surface area contributed by atoms with Crippen LogP contribution in [-0.2, 0) is 12.0 Å². The van der Waals surface area contributed by atoms with E-state index < -0.39 is 0 Å². The second-order valence-corrected chi connectivity index (χ2v) is 5.38. The zero-order valence-electron chi connectivity index (χ0n) is 11.1. The summed E-state index contributed by atoms with van der Waals surface area (Å²) in [6.45, 7) is 2.36. The van der Waals surface area contributed by atoms with Crippen molar-refractivity contribution in [3.63, 3.8) is 0 Å². The molecule has 0 aliphatic carbocycles. The van der Waals surface area contributed by atoms with Gasteiger partial charge in [0, 0.05) is 6.04 Å². The fourth-order valence-electron chi connectivity index (χ4n) is 3.11. The first-order chi connectivity index (χ1) is 9.24. The number of aliphatic hydroxyl groups excluding tert-OH is 1. The Morgan fingerprint density at radius 2 is 1.79 bits per heavy atom. The van der Waals surface area contributed by atoms with Crippen LogP contribution in [0.1, 0.15) is 23.6 Å². The Morgan fingerprint density at radius 1 is 1.11 bits per heavy atom. The van der Waals surface area contributed by atoms with Crippen molar-refractivity contribution in [3.05, 3.63) is 71.3 Å². The molecule has 1 heterocycles. The molecule has 0 fully saturated rings. The molecular formula is C17H19NO. The van der Waals surface area contributed by atoms with Crippen LogP contribution in [0.15, 0.2) is 54.6 Å². The highest BCUT2D eigenvalue weighted by molar-refractivity contribution is 5.44. The Hall–Kier alpha value is -1.64. The maximum absolute atomic E-state index is 9.53. The first-order valence-corrected chi connectivity index (χ1v) is 6.76. The molecule has 2 aromatic carbocycles. The van der Waals surface area contributed by atoms with Gasteiger partial charge in [0.15, 0.2) is 0 Å². The molecule has 1 aliphatic heterocycles. The van der Waals surface area contributed by atoms with Gasteiger partial charge in [-0.05, 0) is 30.0 Å². The predicted molar refractivity (Wildman–Crippen MR) is 77.1 cm³/mol. The van der Waals surface area contributed by atoms with E-state index in [-0.39, 0.29) is 18.2 Å². The van der Waals surface area contributed by atoms with Crippen molar-refractivity contribution in [2.45, 2.75) is 24.9 Å². The van der Waals surface area contributed by atoms with Gasteiger partial charge in [0.05, 0.1) is 12.1 Å². The third-order valence-corrected chi connectivity index (χ3v) is 4.09. The van der Waals surface area contributed by atoms with Gasteiger partial charge < -0.3 is 5.11 Å². The van der Waals surface area contributed by atoms with Crippen molar-refractivity contribution >= 4 is 0 Å². The Kier molecular flexibility index (Phi) is 3.13. The Bertz CT molecular complexity index is 566. The monoisotopic (exact) mass is 253 g/mol. The molecular weight excluding hydrogens is 234 g/mol. The number of fused-ring (bicyclic) bond motifs is 1. The van der Waals surface area contributed by atoms with E-state index in [0.717, 1.165) is 6.42 Å². The SMILES string of the molecule is CC1(c2ccccc2)NC(CO)Cc2ccccc21. The average Bonchev–Trinajstić information content (AvgIpc) is 2.48. The Labute approximate surface area is 114 Å². The van der Waals surface area contributed by atoms with Crippen molar-refractivity contribution in [2.75, 3.05) is 6.61 Å². The summed E-state index contributed by atoms with van der Waals surface area (Å²) in [6.07, 6.45) is 0.884. The average molecular weight is 253 g/mol. The molecule has 0 saturated carbocycles. The van der Waals surface area contributed by atoms with Gasteiger partial charge in [-0.15, -0.1) is 0 Å². The van der Waals surface area contributed by atoms with Gasteiger partial charge in [-0.3, -0.25) is 5.32 Å². The van der Waals surface area contributed by atoms with Crippen LogP contribution in [0.4, 0.5) is 0 Å². The molecule has 1 aliphatic rings. The number of hydrogen-bond donors (Lipinski definition) is 2. The van der Waals surface area contributed by atoms with E-state index in [2.05, 4.69) is 60.8 Å².